The van der Waals surface area contributed by atoms with Crippen LogP contribution in [0.1, 0.15) is 32.7 Å². The molecular formula is C22H22N4O3. The van der Waals surface area contributed by atoms with Crippen molar-refractivity contribution >= 4 is 23.4 Å². The molecule has 4 rings (SSSR count). The number of benzene rings is 1. The lowest BCUT2D eigenvalue weighted by Crippen LogP contribution is -2.42. The zero-order valence-corrected chi connectivity index (χ0v) is 16.1. The zero-order chi connectivity index (χ0) is 20.4. The number of pyridine rings is 1. The van der Waals surface area contributed by atoms with Gasteiger partial charge in [-0.15, -0.1) is 0 Å². The Morgan fingerprint density at radius 2 is 1.59 bits per heavy atom. The summed E-state index contributed by atoms with van der Waals surface area (Å²) in [6.07, 6.45) is 3.88. The first-order valence-electron chi connectivity index (χ1n) is 9.63. The standard InChI is InChI=1S/C22H22N4O3/c1-16-18-5-2-3-6-19(18)22(29)26(16)15-20(27)24-11-4-12-25(14-13-24)21(28)17-7-9-23-10-8-17/h2-3,5-10H,1,4,11-15H2. The molecule has 7 heteroatoms. The van der Waals surface area contributed by atoms with Gasteiger partial charge in [0.15, 0.2) is 0 Å². The van der Waals surface area contributed by atoms with Gasteiger partial charge in [-0.2, -0.15) is 0 Å². The van der Waals surface area contributed by atoms with Crippen molar-refractivity contribution in [1.29, 1.82) is 0 Å². The Kier molecular flexibility index (Phi) is 5.12. The topological polar surface area (TPSA) is 73.8 Å². The molecule has 3 heterocycles. The summed E-state index contributed by atoms with van der Waals surface area (Å²) in [6.45, 7) is 6.00. The molecule has 1 aromatic carbocycles. The molecule has 0 spiro atoms. The average molecular weight is 390 g/mol. The number of carbonyl (C=O) groups excluding carboxylic acids is 3. The summed E-state index contributed by atoms with van der Waals surface area (Å²) in [7, 11) is 0. The molecule has 0 unspecified atom stereocenters. The first kappa shape index (κ1) is 18.9. The lowest BCUT2D eigenvalue weighted by Gasteiger charge is -2.25. The van der Waals surface area contributed by atoms with Crippen molar-refractivity contribution in [3.05, 3.63) is 72.1 Å². The van der Waals surface area contributed by atoms with Gasteiger partial charge in [-0.3, -0.25) is 24.3 Å². The Bertz CT molecular complexity index is 938. The second kappa shape index (κ2) is 7.87. The van der Waals surface area contributed by atoms with E-state index in [0.717, 1.165) is 5.56 Å². The van der Waals surface area contributed by atoms with Gasteiger partial charge in [0.1, 0.15) is 6.54 Å². The van der Waals surface area contributed by atoms with Crippen LogP contribution in [0.2, 0.25) is 0 Å². The highest BCUT2D eigenvalue weighted by Gasteiger charge is 2.33. The van der Waals surface area contributed by atoms with Crippen molar-refractivity contribution in [3.63, 3.8) is 0 Å². The van der Waals surface area contributed by atoms with E-state index in [4.69, 9.17) is 0 Å². The number of aromatic nitrogens is 1. The molecule has 0 N–H and O–H groups in total. The first-order valence-corrected chi connectivity index (χ1v) is 9.63. The van der Waals surface area contributed by atoms with Crippen LogP contribution in [0.3, 0.4) is 0 Å². The molecule has 7 nitrogen and oxygen atoms in total. The Labute approximate surface area is 169 Å². The molecule has 2 aliphatic rings. The van der Waals surface area contributed by atoms with Gasteiger partial charge in [0.25, 0.3) is 11.8 Å². The number of fused-ring (bicyclic) bond motifs is 1. The Morgan fingerprint density at radius 1 is 0.931 bits per heavy atom. The molecule has 0 atom stereocenters. The van der Waals surface area contributed by atoms with E-state index in [-0.39, 0.29) is 24.3 Å². The number of carbonyl (C=O) groups is 3. The van der Waals surface area contributed by atoms with Gasteiger partial charge in [-0.25, -0.2) is 0 Å². The van der Waals surface area contributed by atoms with Crippen LogP contribution in [0.5, 0.6) is 0 Å². The maximum absolute atomic E-state index is 12.9. The fourth-order valence-electron chi connectivity index (χ4n) is 3.78. The first-order chi connectivity index (χ1) is 14.1. The molecule has 0 bridgehead atoms. The summed E-state index contributed by atoms with van der Waals surface area (Å²) in [5.41, 5.74) is 2.50. The van der Waals surface area contributed by atoms with E-state index < -0.39 is 0 Å². The summed E-state index contributed by atoms with van der Waals surface area (Å²) in [5, 5.41) is 0. The van der Waals surface area contributed by atoms with Crippen molar-refractivity contribution in [1.82, 2.24) is 19.7 Å². The maximum Gasteiger partial charge on any atom is 0.259 e. The summed E-state index contributed by atoms with van der Waals surface area (Å²) in [5.74, 6) is -0.381. The lowest BCUT2D eigenvalue weighted by atomic mass is 10.1. The third-order valence-corrected chi connectivity index (χ3v) is 5.40. The van der Waals surface area contributed by atoms with E-state index in [0.29, 0.717) is 49.4 Å². The van der Waals surface area contributed by atoms with Gasteiger partial charge in [0.2, 0.25) is 5.91 Å². The van der Waals surface area contributed by atoms with Crippen LogP contribution in [0.25, 0.3) is 5.70 Å². The predicted molar refractivity (Wildman–Crippen MR) is 108 cm³/mol. The molecule has 0 aliphatic carbocycles. The minimum Gasteiger partial charge on any atom is -0.339 e. The Balaban J connectivity index is 1.39. The van der Waals surface area contributed by atoms with E-state index in [1.54, 1.807) is 46.5 Å². The fourth-order valence-corrected chi connectivity index (χ4v) is 3.78. The van der Waals surface area contributed by atoms with E-state index in [1.807, 2.05) is 12.1 Å². The molecule has 29 heavy (non-hydrogen) atoms. The zero-order valence-electron chi connectivity index (χ0n) is 16.1. The molecule has 148 valence electrons. The van der Waals surface area contributed by atoms with E-state index >= 15 is 0 Å². The van der Waals surface area contributed by atoms with Gasteiger partial charge in [0, 0.05) is 61.0 Å². The number of hydrogen-bond acceptors (Lipinski definition) is 4. The summed E-state index contributed by atoms with van der Waals surface area (Å²) < 4.78 is 0. The number of nitrogens with zero attached hydrogens (tertiary/aromatic N) is 4. The fraction of sp³-hybridized carbons (Fsp3) is 0.273. The Hall–Kier alpha value is -3.48. The van der Waals surface area contributed by atoms with Gasteiger partial charge in [0.05, 0.1) is 0 Å². The van der Waals surface area contributed by atoms with Gasteiger partial charge >= 0.3 is 0 Å². The van der Waals surface area contributed by atoms with Crippen LogP contribution in [0.15, 0.2) is 55.4 Å². The average Bonchev–Trinajstić information content (AvgIpc) is 2.93. The number of rotatable bonds is 3. The normalized spacial score (nSPS) is 16.6. The highest BCUT2D eigenvalue weighted by Crippen LogP contribution is 2.30. The molecule has 0 radical (unpaired) electrons. The third kappa shape index (κ3) is 3.63. The van der Waals surface area contributed by atoms with Crippen LogP contribution in [0.4, 0.5) is 0 Å². The van der Waals surface area contributed by atoms with Crippen molar-refractivity contribution in [2.45, 2.75) is 6.42 Å². The minimum absolute atomic E-state index is 0.0371. The van der Waals surface area contributed by atoms with Crippen LogP contribution in [0, 0.1) is 0 Å². The minimum atomic E-state index is -0.191. The molecule has 1 fully saturated rings. The van der Waals surface area contributed by atoms with Crippen LogP contribution < -0.4 is 0 Å². The molecule has 1 saturated heterocycles. The molecule has 0 saturated carbocycles. The monoisotopic (exact) mass is 390 g/mol. The van der Waals surface area contributed by atoms with Crippen molar-refractivity contribution < 1.29 is 14.4 Å². The van der Waals surface area contributed by atoms with Gasteiger partial charge in [-0.1, -0.05) is 24.8 Å². The maximum atomic E-state index is 12.9. The highest BCUT2D eigenvalue weighted by atomic mass is 16.2. The van der Waals surface area contributed by atoms with Crippen molar-refractivity contribution in [3.8, 4) is 0 Å². The lowest BCUT2D eigenvalue weighted by molar-refractivity contribution is -0.131. The van der Waals surface area contributed by atoms with E-state index in [1.165, 1.54) is 4.90 Å². The van der Waals surface area contributed by atoms with Crippen LogP contribution >= 0.6 is 0 Å². The largest absolute Gasteiger partial charge is 0.339 e. The second-order valence-electron chi connectivity index (χ2n) is 7.15. The number of amides is 3. The van der Waals surface area contributed by atoms with Crippen molar-refractivity contribution in [2.24, 2.45) is 0 Å². The third-order valence-electron chi connectivity index (χ3n) is 5.40. The van der Waals surface area contributed by atoms with Crippen molar-refractivity contribution in [2.75, 3.05) is 32.7 Å². The smallest absolute Gasteiger partial charge is 0.259 e. The van der Waals surface area contributed by atoms with Crippen LogP contribution in [-0.4, -0.2) is 70.1 Å². The number of hydrogen-bond donors (Lipinski definition) is 0. The summed E-state index contributed by atoms with van der Waals surface area (Å²) in [6, 6.07) is 10.6. The second-order valence-corrected chi connectivity index (χ2v) is 7.15. The van der Waals surface area contributed by atoms with Gasteiger partial charge in [-0.05, 0) is 24.6 Å². The van der Waals surface area contributed by atoms with E-state index in [9.17, 15) is 14.4 Å². The molecule has 2 aromatic rings. The molecule has 1 aromatic heterocycles. The molecule has 2 aliphatic heterocycles. The quantitative estimate of drug-likeness (QED) is 0.802. The van der Waals surface area contributed by atoms with Gasteiger partial charge < -0.3 is 9.80 Å². The SMILES string of the molecule is C=C1c2ccccc2C(=O)N1CC(=O)N1CCCN(C(=O)c2ccncc2)CC1. The molecular weight excluding hydrogens is 368 g/mol. The van der Waals surface area contributed by atoms with E-state index in [2.05, 4.69) is 11.6 Å². The summed E-state index contributed by atoms with van der Waals surface area (Å²) >= 11 is 0. The highest BCUT2D eigenvalue weighted by molar-refractivity contribution is 6.10. The predicted octanol–water partition coefficient (Wildman–Crippen LogP) is 1.88. The molecule has 3 amide bonds. The summed E-state index contributed by atoms with van der Waals surface area (Å²) in [4.78, 5) is 47.0. The Morgan fingerprint density at radius 3 is 2.31 bits per heavy atom. The van der Waals surface area contributed by atoms with Crippen LogP contribution in [-0.2, 0) is 4.79 Å².